The van der Waals surface area contributed by atoms with Crippen molar-refractivity contribution < 1.29 is 14.3 Å². The van der Waals surface area contributed by atoms with Crippen LogP contribution < -0.4 is 14.8 Å². The van der Waals surface area contributed by atoms with E-state index in [2.05, 4.69) is 5.32 Å². The molecule has 0 saturated heterocycles. The van der Waals surface area contributed by atoms with E-state index in [1.807, 2.05) is 0 Å². The zero-order valence-electron chi connectivity index (χ0n) is 7.45. The highest BCUT2D eigenvalue weighted by molar-refractivity contribution is 5.95. The quantitative estimate of drug-likeness (QED) is 0.669. The minimum Gasteiger partial charge on any atom is -0.486 e. The van der Waals surface area contributed by atoms with Gasteiger partial charge in [-0.15, -0.1) is 0 Å². The van der Waals surface area contributed by atoms with E-state index >= 15 is 0 Å². The first-order chi connectivity index (χ1) is 6.81. The van der Waals surface area contributed by atoms with Gasteiger partial charge in [-0.05, 0) is 18.2 Å². The number of benzene rings is 1. The Hall–Kier alpha value is -1.71. The van der Waals surface area contributed by atoms with Crippen LogP contribution in [0.5, 0.6) is 11.5 Å². The molecule has 0 aliphatic carbocycles. The fourth-order valence-electron chi connectivity index (χ4n) is 1.27. The van der Waals surface area contributed by atoms with Crippen LogP contribution in [-0.2, 0) is 0 Å². The first kappa shape index (κ1) is 8.87. The van der Waals surface area contributed by atoms with E-state index < -0.39 is 0 Å². The molecule has 1 N–H and O–H groups in total. The number of hydrogen-bond donors (Lipinski definition) is 1. The Balaban J connectivity index is 2.33. The Kier molecular flexibility index (Phi) is 2.26. The van der Waals surface area contributed by atoms with Crippen LogP contribution in [0.25, 0.3) is 0 Å². The molecule has 0 fully saturated rings. The summed E-state index contributed by atoms with van der Waals surface area (Å²) in [4.78, 5) is 11.2. The Labute approximate surface area is 81.8 Å². The zero-order chi connectivity index (χ0) is 9.97. The third-order valence-corrected chi connectivity index (χ3v) is 1.94. The normalized spacial score (nSPS) is 13.5. The van der Waals surface area contributed by atoms with Gasteiger partial charge in [0, 0.05) is 5.56 Å². The van der Waals surface area contributed by atoms with Crippen LogP contribution in [0.3, 0.4) is 0 Å². The van der Waals surface area contributed by atoms with E-state index in [0.717, 1.165) is 0 Å². The molecule has 14 heavy (non-hydrogen) atoms. The van der Waals surface area contributed by atoms with Crippen molar-refractivity contribution in [1.82, 2.24) is 5.32 Å². The molecule has 72 valence electrons. The second-order valence-corrected chi connectivity index (χ2v) is 2.83. The molecule has 0 saturated carbocycles. The minimum atomic E-state index is -0.345. The summed E-state index contributed by atoms with van der Waals surface area (Å²) in [5.74, 6) is 0.893. The molecule has 0 atom stereocenters. The van der Waals surface area contributed by atoms with Crippen molar-refractivity contribution in [3.05, 3.63) is 30.8 Å². The molecule has 0 unspecified atom stereocenters. The number of rotatable bonds is 1. The van der Waals surface area contributed by atoms with E-state index in [-0.39, 0.29) is 5.91 Å². The lowest BCUT2D eigenvalue weighted by Crippen LogP contribution is -2.18. The van der Waals surface area contributed by atoms with Crippen molar-refractivity contribution in [3.63, 3.8) is 0 Å². The number of carbonyl (C=O) groups excluding carboxylic acids is 1. The van der Waals surface area contributed by atoms with E-state index in [0.29, 0.717) is 30.3 Å². The van der Waals surface area contributed by atoms with Gasteiger partial charge in [0.2, 0.25) is 0 Å². The topological polar surface area (TPSA) is 47.6 Å². The smallest absolute Gasteiger partial charge is 0.251 e. The predicted molar refractivity (Wildman–Crippen MR) is 49.2 cm³/mol. The second kappa shape index (κ2) is 3.57. The number of carbonyl (C=O) groups is 1. The van der Waals surface area contributed by atoms with Gasteiger partial charge in [-0.25, -0.2) is 0 Å². The van der Waals surface area contributed by atoms with Crippen LogP contribution >= 0.6 is 0 Å². The average molecular weight is 191 g/mol. The van der Waals surface area contributed by atoms with Gasteiger partial charge in [0.25, 0.3) is 5.91 Å². The number of ether oxygens (including phenoxy) is 2. The van der Waals surface area contributed by atoms with Gasteiger partial charge in [-0.2, -0.15) is 0 Å². The summed E-state index contributed by atoms with van der Waals surface area (Å²) in [6.07, 6.45) is 0. The Bertz CT molecular complexity index is 362. The summed E-state index contributed by atoms with van der Waals surface area (Å²) in [7, 11) is 5.01. The van der Waals surface area contributed by atoms with Crippen molar-refractivity contribution in [2.45, 2.75) is 0 Å². The molecule has 1 heterocycles. The molecule has 4 heteroatoms. The van der Waals surface area contributed by atoms with E-state index in [9.17, 15) is 4.79 Å². The van der Waals surface area contributed by atoms with Gasteiger partial charge in [0.15, 0.2) is 11.5 Å². The van der Waals surface area contributed by atoms with Gasteiger partial charge < -0.3 is 14.8 Å². The number of nitrogens with one attached hydrogen (secondary N) is 1. The molecule has 2 rings (SSSR count). The molecule has 1 aliphatic heterocycles. The van der Waals surface area contributed by atoms with E-state index in [4.69, 9.17) is 16.5 Å². The summed E-state index contributed by atoms with van der Waals surface area (Å²) in [5, 5.41) is 2.05. The number of hydrogen-bond acceptors (Lipinski definition) is 3. The van der Waals surface area contributed by atoms with E-state index in [1.165, 1.54) is 0 Å². The van der Waals surface area contributed by atoms with Crippen molar-refractivity contribution >= 4 is 5.91 Å². The molecule has 1 aromatic rings. The lowest BCUT2D eigenvalue weighted by atomic mass is 10.2. The molecule has 1 aromatic carbocycles. The highest BCUT2D eigenvalue weighted by Crippen LogP contribution is 2.30. The van der Waals surface area contributed by atoms with Crippen molar-refractivity contribution in [2.24, 2.45) is 0 Å². The molecular weight excluding hydrogens is 182 g/mol. The minimum absolute atomic E-state index is 0.345. The predicted octanol–water partition coefficient (Wildman–Crippen LogP) is 0.856. The van der Waals surface area contributed by atoms with Crippen molar-refractivity contribution in [3.8, 4) is 11.5 Å². The van der Waals surface area contributed by atoms with Crippen molar-refractivity contribution in [1.29, 1.82) is 0 Å². The summed E-state index contributed by atoms with van der Waals surface area (Å²) in [5.41, 5.74) is 0.455. The molecule has 1 amide bonds. The van der Waals surface area contributed by atoms with Gasteiger partial charge >= 0.3 is 0 Å². The highest BCUT2D eigenvalue weighted by atomic mass is 16.6. The SMILES string of the molecule is [CH]NC(=O)c1ccc2c(c1)OCCO2. The van der Waals surface area contributed by atoms with Crippen LogP contribution in [0.2, 0.25) is 0 Å². The largest absolute Gasteiger partial charge is 0.486 e. The van der Waals surface area contributed by atoms with Gasteiger partial charge in [0.1, 0.15) is 13.2 Å². The molecule has 0 spiro atoms. The first-order valence-electron chi connectivity index (χ1n) is 4.22. The molecule has 0 aromatic heterocycles. The molecule has 2 radical (unpaired) electrons. The maximum absolute atomic E-state index is 11.2. The fraction of sp³-hybridized carbons (Fsp3) is 0.200. The van der Waals surface area contributed by atoms with Crippen molar-refractivity contribution in [2.75, 3.05) is 13.2 Å². The third-order valence-electron chi connectivity index (χ3n) is 1.94. The van der Waals surface area contributed by atoms with Crippen LogP contribution in [0.4, 0.5) is 0 Å². The fourth-order valence-corrected chi connectivity index (χ4v) is 1.27. The lowest BCUT2D eigenvalue weighted by Gasteiger charge is -2.18. The van der Waals surface area contributed by atoms with Crippen LogP contribution in [0, 0.1) is 7.05 Å². The Morgan fingerprint density at radius 1 is 1.29 bits per heavy atom. The summed E-state index contributed by atoms with van der Waals surface area (Å²) in [6, 6.07) is 4.94. The van der Waals surface area contributed by atoms with E-state index in [1.54, 1.807) is 18.2 Å². The maximum Gasteiger partial charge on any atom is 0.251 e. The summed E-state index contributed by atoms with van der Waals surface area (Å²) in [6.45, 7) is 1.04. The molecule has 4 nitrogen and oxygen atoms in total. The van der Waals surface area contributed by atoms with Gasteiger partial charge in [-0.3, -0.25) is 4.79 Å². The summed E-state index contributed by atoms with van der Waals surface area (Å²) < 4.78 is 10.6. The Morgan fingerprint density at radius 3 is 2.71 bits per heavy atom. The third kappa shape index (κ3) is 1.51. The number of amides is 1. The molecule has 1 aliphatic rings. The van der Waals surface area contributed by atoms with Crippen LogP contribution in [-0.4, -0.2) is 19.1 Å². The zero-order valence-corrected chi connectivity index (χ0v) is 7.45. The van der Waals surface area contributed by atoms with Gasteiger partial charge in [0.05, 0.1) is 7.05 Å². The first-order valence-corrected chi connectivity index (χ1v) is 4.22. The monoisotopic (exact) mass is 191 g/mol. The average Bonchev–Trinajstić information content (AvgIpc) is 2.27. The number of fused-ring (bicyclic) bond motifs is 1. The summed E-state index contributed by atoms with van der Waals surface area (Å²) >= 11 is 0. The molecule has 0 bridgehead atoms. The standard InChI is InChI=1S/C10H9NO3/c1-11-10(12)7-2-3-8-9(6-7)14-5-4-13-8/h1-3,6H,4-5H2,(H,11,12). The van der Waals surface area contributed by atoms with Crippen LogP contribution in [0.1, 0.15) is 10.4 Å². The second-order valence-electron chi connectivity index (χ2n) is 2.83. The Morgan fingerprint density at radius 2 is 2.00 bits per heavy atom. The van der Waals surface area contributed by atoms with Gasteiger partial charge in [-0.1, -0.05) is 0 Å². The lowest BCUT2D eigenvalue weighted by molar-refractivity contribution is 0.0967. The maximum atomic E-state index is 11.2. The highest BCUT2D eigenvalue weighted by Gasteiger charge is 2.13. The molecular formula is C10H9NO3. The van der Waals surface area contributed by atoms with Crippen LogP contribution in [0.15, 0.2) is 18.2 Å².